The van der Waals surface area contributed by atoms with Crippen LogP contribution in [0, 0.1) is 0 Å². The predicted molar refractivity (Wildman–Crippen MR) is 99.4 cm³/mol. The highest BCUT2D eigenvalue weighted by Crippen LogP contribution is 2.27. The van der Waals surface area contributed by atoms with Crippen molar-refractivity contribution in [3.8, 4) is 5.75 Å². The van der Waals surface area contributed by atoms with Crippen LogP contribution in [0.2, 0.25) is 5.02 Å². The molecule has 0 aromatic heterocycles. The molecule has 6 heteroatoms. The molecule has 0 heterocycles. The maximum absolute atomic E-state index is 12.0. The number of hydrogen-bond donors (Lipinski definition) is 2. The van der Waals surface area contributed by atoms with Gasteiger partial charge in [-0.3, -0.25) is 0 Å². The predicted octanol–water partition coefficient (Wildman–Crippen LogP) is 4.00. The third kappa shape index (κ3) is 5.35. The van der Waals surface area contributed by atoms with E-state index >= 15 is 0 Å². The van der Waals surface area contributed by atoms with E-state index in [0.717, 1.165) is 18.7 Å². The van der Waals surface area contributed by atoms with Gasteiger partial charge in [0.25, 0.3) is 0 Å². The summed E-state index contributed by atoms with van der Waals surface area (Å²) in [5.74, 6) is 0.568. The largest absolute Gasteiger partial charge is 0.495 e. The molecule has 2 N–H and O–H groups in total. The smallest absolute Gasteiger partial charge is 0.319 e. The zero-order valence-electron chi connectivity index (χ0n) is 13.9. The van der Waals surface area contributed by atoms with Crippen LogP contribution in [0.4, 0.5) is 16.2 Å². The van der Waals surface area contributed by atoms with Crippen molar-refractivity contribution in [2.75, 3.05) is 37.5 Å². The quantitative estimate of drug-likeness (QED) is 0.744. The summed E-state index contributed by atoms with van der Waals surface area (Å²) in [6, 6.07) is 14.9. The van der Waals surface area contributed by atoms with Crippen LogP contribution in [0.25, 0.3) is 0 Å². The van der Waals surface area contributed by atoms with Crippen LogP contribution in [0.15, 0.2) is 48.5 Å². The summed E-state index contributed by atoms with van der Waals surface area (Å²) in [6.07, 6.45) is 0.839. The number of benzene rings is 2. The number of amides is 2. The molecule has 0 unspecified atom stereocenters. The number of hydrogen-bond acceptors (Lipinski definition) is 3. The number of nitrogens with one attached hydrogen (secondary N) is 2. The first-order valence-electron chi connectivity index (χ1n) is 7.74. The van der Waals surface area contributed by atoms with Crippen LogP contribution in [-0.4, -0.2) is 33.3 Å². The van der Waals surface area contributed by atoms with Gasteiger partial charge in [-0.15, -0.1) is 0 Å². The number of urea groups is 1. The zero-order valence-corrected chi connectivity index (χ0v) is 14.6. The molecule has 128 valence electrons. The topological polar surface area (TPSA) is 53.6 Å². The molecular weight excluding hydrogens is 326 g/mol. The minimum absolute atomic E-state index is 0.280. The van der Waals surface area contributed by atoms with Crippen molar-refractivity contribution < 1.29 is 9.53 Å². The molecule has 2 rings (SSSR count). The van der Waals surface area contributed by atoms with Gasteiger partial charge in [0.2, 0.25) is 0 Å². The summed E-state index contributed by atoms with van der Waals surface area (Å²) >= 11 is 5.94. The second-order valence-corrected chi connectivity index (χ2v) is 5.77. The van der Waals surface area contributed by atoms with Gasteiger partial charge < -0.3 is 20.3 Å². The van der Waals surface area contributed by atoms with E-state index in [2.05, 4.69) is 27.7 Å². The molecule has 0 saturated carbocycles. The molecular formula is C18H22ClN3O2. The molecule has 5 nitrogen and oxygen atoms in total. The van der Waals surface area contributed by atoms with Crippen LogP contribution in [-0.2, 0) is 0 Å². The Morgan fingerprint density at radius 1 is 1.21 bits per heavy atom. The fraction of sp³-hybridized carbons (Fsp3) is 0.278. The van der Waals surface area contributed by atoms with E-state index in [1.54, 1.807) is 25.3 Å². The molecule has 0 aliphatic rings. The third-order valence-electron chi connectivity index (χ3n) is 3.56. The first-order valence-corrected chi connectivity index (χ1v) is 8.12. The summed E-state index contributed by atoms with van der Waals surface area (Å²) in [6.45, 7) is 1.43. The molecule has 2 aromatic carbocycles. The van der Waals surface area contributed by atoms with Crippen molar-refractivity contribution in [2.24, 2.45) is 0 Å². The van der Waals surface area contributed by atoms with Crippen molar-refractivity contribution >= 4 is 29.0 Å². The van der Waals surface area contributed by atoms with Crippen LogP contribution >= 0.6 is 11.6 Å². The highest BCUT2D eigenvalue weighted by molar-refractivity contribution is 6.31. The first kappa shape index (κ1) is 17.9. The van der Waals surface area contributed by atoms with Crippen molar-refractivity contribution in [3.63, 3.8) is 0 Å². The minimum Gasteiger partial charge on any atom is -0.495 e. The zero-order chi connectivity index (χ0) is 17.4. The Bertz CT molecular complexity index is 665. The van der Waals surface area contributed by atoms with E-state index < -0.39 is 0 Å². The van der Waals surface area contributed by atoms with Gasteiger partial charge >= 0.3 is 6.03 Å². The molecule has 0 saturated heterocycles. The van der Waals surface area contributed by atoms with Gasteiger partial charge in [-0.2, -0.15) is 0 Å². The van der Waals surface area contributed by atoms with Crippen molar-refractivity contribution in [3.05, 3.63) is 53.6 Å². The lowest BCUT2D eigenvalue weighted by atomic mass is 10.3. The van der Waals surface area contributed by atoms with E-state index in [4.69, 9.17) is 16.3 Å². The molecule has 0 spiro atoms. The Kier molecular flexibility index (Phi) is 6.75. The van der Waals surface area contributed by atoms with E-state index in [-0.39, 0.29) is 6.03 Å². The Morgan fingerprint density at radius 3 is 2.67 bits per heavy atom. The number of ether oxygens (including phenoxy) is 1. The van der Waals surface area contributed by atoms with E-state index in [0.29, 0.717) is 23.0 Å². The molecule has 0 fully saturated rings. The Balaban J connectivity index is 1.75. The fourth-order valence-electron chi connectivity index (χ4n) is 2.27. The molecule has 0 aliphatic heterocycles. The second-order valence-electron chi connectivity index (χ2n) is 5.34. The van der Waals surface area contributed by atoms with Crippen LogP contribution < -0.4 is 20.3 Å². The van der Waals surface area contributed by atoms with Crippen molar-refractivity contribution in [1.82, 2.24) is 5.32 Å². The number of carbonyl (C=O) groups is 1. The highest BCUT2D eigenvalue weighted by Gasteiger charge is 2.08. The number of para-hydroxylation sites is 1. The molecule has 0 atom stereocenters. The van der Waals surface area contributed by atoms with E-state index in [1.807, 2.05) is 25.2 Å². The molecule has 0 radical (unpaired) electrons. The third-order valence-corrected chi connectivity index (χ3v) is 3.80. The number of anilines is 2. The number of nitrogens with zero attached hydrogens (tertiary/aromatic N) is 1. The molecule has 0 aliphatic carbocycles. The van der Waals surface area contributed by atoms with Crippen molar-refractivity contribution in [2.45, 2.75) is 6.42 Å². The standard InChI is InChI=1S/C18H22ClN3O2/c1-22(15-7-4-3-5-8-15)12-6-11-20-18(23)21-16-13-14(19)9-10-17(16)24-2/h3-5,7-10,13H,6,11-12H2,1-2H3,(H2,20,21,23). The SMILES string of the molecule is COc1ccc(Cl)cc1NC(=O)NCCCN(C)c1ccccc1. The summed E-state index contributed by atoms with van der Waals surface area (Å²) in [5, 5.41) is 6.12. The summed E-state index contributed by atoms with van der Waals surface area (Å²) in [5.41, 5.74) is 1.70. The monoisotopic (exact) mass is 347 g/mol. The first-order chi connectivity index (χ1) is 11.6. The van der Waals surface area contributed by atoms with Gasteiger partial charge in [0.15, 0.2) is 0 Å². The summed E-state index contributed by atoms with van der Waals surface area (Å²) < 4.78 is 5.20. The lowest BCUT2D eigenvalue weighted by Crippen LogP contribution is -2.31. The van der Waals surface area contributed by atoms with Gasteiger partial charge in [0.05, 0.1) is 12.8 Å². The van der Waals surface area contributed by atoms with Crippen LogP contribution in [0.5, 0.6) is 5.75 Å². The number of rotatable bonds is 7. The molecule has 2 aromatic rings. The van der Waals surface area contributed by atoms with E-state index in [9.17, 15) is 4.79 Å². The maximum Gasteiger partial charge on any atom is 0.319 e. The van der Waals surface area contributed by atoms with Crippen molar-refractivity contribution in [1.29, 1.82) is 0 Å². The lowest BCUT2D eigenvalue weighted by Gasteiger charge is -2.19. The average Bonchev–Trinajstić information content (AvgIpc) is 2.59. The highest BCUT2D eigenvalue weighted by atomic mass is 35.5. The second kappa shape index (κ2) is 9.03. The average molecular weight is 348 g/mol. The van der Waals surface area contributed by atoms with Crippen LogP contribution in [0.3, 0.4) is 0 Å². The van der Waals surface area contributed by atoms with E-state index in [1.165, 1.54) is 0 Å². The Labute approximate surface area is 147 Å². The number of methoxy groups -OCH3 is 1. The molecule has 0 bridgehead atoms. The normalized spacial score (nSPS) is 10.1. The van der Waals surface area contributed by atoms with Gasteiger partial charge in [-0.1, -0.05) is 29.8 Å². The number of carbonyl (C=O) groups excluding carboxylic acids is 1. The van der Waals surface area contributed by atoms with Crippen LogP contribution in [0.1, 0.15) is 6.42 Å². The maximum atomic E-state index is 12.0. The molecule has 2 amide bonds. The number of halogens is 1. The Hall–Kier alpha value is -2.40. The lowest BCUT2D eigenvalue weighted by molar-refractivity contribution is 0.252. The fourth-order valence-corrected chi connectivity index (χ4v) is 2.45. The Morgan fingerprint density at radius 2 is 1.96 bits per heavy atom. The van der Waals surface area contributed by atoms with Gasteiger partial charge in [0, 0.05) is 30.8 Å². The molecule has 24 heavy (non-hydrogen) atoms. The van der Waals surface area contributed by atoms with Gasteiger partial charge in [-0.05, 0) is 36.8 Å². The minimum atomic E-state index is -0.280. The summed E-state index contributed by atoms with van der Waals surface area (Å²) in [4.78, 5) is 14.1. The van der Waals surface area contributed by atoms with Gasteiger partial charge in [-0.25, -0.2) is 4.79 Å². The summed E-state index contributed by atoms with van der Waals surface area (Å²) in [7, 11) is 3.58. The van der Waals surface area contributed by atoms with Gasteiger partial charge in [0.1, 0.15) is 5.75 Å².